The van der Waals surface area contributed by atoms with Crippen LogP contribution in [-0.2, 0) is 0 Å². The molecule has 7 nitrogen and oxygen atoms in total. The van der Waals surface area contributed by atoms with Crippen molar-refractivity contribution in [3.63, 3.8) is 0 Å². The van der Waals surface area contributed by atoms with E-state index in [1.165, 1.54) is 0 Å². The second-order valence-electron chi connectivity index (χ2n) is 7.09. The molecule has 3 atom stereocenters. The van der Waals surface area contributed by atoms with E-state index in [-0.39, 0.29) is 19.8 Å². The maximum atomic E-state index is 9.80. The highest BCUT2D eigenvalue weighted by Crippen LogP contribution is 2.23. The molecule has 1 heterocycles. The van der Waals surface area contributed by atoms with Gasteiger partial charge in [-0.2, -0.15) is 0 Å². The molecule has 0 saturated heterocycles. The van der Waals surface area contributed by atoms with Crippen LogP contribution in [0.4, 0.5) is 0 Å². The minimum atomic E-state index is -0.897. The molecule has 2 aromatic carbocycles. The van der Waals surface area contributed by atoms with Crippen LogP contribution in [0.1, 0.15) is 30.5 Å². The highest BCUT2D eigenvalue weighted by Gasteiger charge is 2.14. The molecule has 7 heteroatoms. The van der Waals surface area contributed by atoms with Gasteiger partial charge in [-0.1, -0.05) is 36.1 Å². The molecule has 4 N–H and O–H groups in total. The van der Waals surface area contributed by atoms with E-state index in [4.69, 9.17) is 9.84 Å². The summed E-state index contributed by atoms with van der Waals surface area (Å²) in [7, 11) is 0. The summed E-state index contributed by atoms with van der Waals surface area (Å²) < 4.78 is 7.09. The highest BCUT2D eigenvalue weighted by atomic mass is 16.5. The van der Waals surface area contributed by atoms with Crippen molar-refractivity contribution >= 4 is 0 Å². The molecular weight excluding hydrogens is 396 g/mol. The van der Waals surface area contributed by atoms with Crippen molar-refractivity contribution in [3.8, 4) is 28.7 Å². The predicted octanol–water partition coefficient (Wildman–Crippen LogP) is 1.92. The van der Waals surface area contributed by atoms with Gasteiger partial charge >= 0.3 is 0 Å². The van der Waals surface area contributed by atoms with Gasteiger partial charge in [0.25, 0.3) is 0 Å². The van der Waals surface area contributed by atoms with E-state index in [9.17, 15) is 15.3 Å². The number of aliphatic hydroxyl groups excluding tert-OH is 4. The van der Waals surface area contributed by atoms with E-state index in [1.54, 1.807) is 23.9 Å². The highest BCUT2D eigenvalue weighted by molar-refractivity contribution is 5.65. The molecule has 0 aliphatic rings. The molecule has 1 aromatic heterocycles. The first-order valence-electron chi connectivity index (χ1n) is 9.97. The van der Waals surface area contributed by atoms with Gasteiger partial charge in [-0.05, 0) is 42.3 Å². The summed E-state index contributed by atoms with van der Waals surface area (Å²) in [5.41, 5.74) is 2.82. The number of ether oxygens (including phenoxy) is 1. The molecule has 3 aromatic rings. The molecule has 3 rings (SSSR count). The minimum Gasteiger partial charge on any atom is -0.491 e. The standard InChI is InChI=1S/C24H26N2O5/c1-17(29)24-25-12-13-26(24)21(14-27)9-4-18-2-5-19(6-3-18)20-7-10-23(11-8-20)31-16-22(30)15-28/h2-3,5-8,10-13,17,21-22,27-30H,14-16H2,1H3. The number of rotatable bonds is 8. The third-order valence-corrected chi connectivity index (χ3v) is 4.69. The van der Waals surface area contributed by atoms with Gasteiger partial charge < -0.3 is 29.7 Å². The molecule has 0 spiro atoms. The van der Waals surface area contributed by atoms with Crippen molar-refractivity contribution in [2.24, 2.45) is 0 Å². The zero-order valence-corrected chi connectivity index (χ0v) is 17.2. The fourth-order valence-corrected chi connectivity index (χ4v) is 3.02. The van der Waals surface area contributed by atoms with E-state index in [0.29, 0.717) is 11.6 Å². The van der Waals surface area contributed by atoms with Crippen LogP contribution in [0, 0.1) is 11.8 Å². The summed E-state index contributed by atoms with van der Waals surface area (Å²) in [6.07, 6.45) is 1.62. The third kappa shape index (κ3) is 5.94. The Morgan fingerprint density at radius 3 is 2.19 bits per heavy atom. The van der Waals surface area contributed by atoms with Crippen LogP contribution in [0.25, 0.3) is 11.1 Å². The SMILES string of the molecule is CC(O)c1nccn1C(C#Cc1ccc(-c2ccc(OCC(O)CO)cc2)cc1)CO. The predicted molar refractivity (Wildman–Crippen MR) is 116 cm³/mol. The monoisotopic (exact) mass is 422 g/mol. The number of nitrogens with zero attached hydrogens (tertiary/aromatic N) is 2. The van der Waals surface area contributed by atoms with Crippen molar-refractivity contribution in [3.05, 3.63) is 72.3 Å². The second-order valence-corrected chi connectivity index (χ2v) is 7.09. The van der Waals surface area contributed by atoms with Gasteiger partial charge in [0.05, 0.1) is 13.2 Å². The molecule has 0 aliphatic carbocycles. The molecule has 0 amide bonds. The average molecular weight is 422 g/mol. The van der Waals surface area contributed by atoms with Crippen molar-refractivity contribution < 1.29 is 25.2 Å². The molecule has 0 fully saturated rings. The Morgan fingerprint density at radius 2 is 1.61 bits per heavy atom. The zero-order chi connectivity index (χ0) is 22.2. The number of aromatic nitrogens is 2. The van der Waals surface area contributed by atoms with E-state index in [1.807, 2.05) is 48.5 Å². The third-order valence-electron chi connectivity index (χ3n) is 4.69. The lowest BCUT2D eigenvalue weighted by atomic mass is 10.0. The topological polar surface area (TPSA) is 108 Å². The van der Waals surface area contributed by atoms with Gasteiger partial charge in [-0.25, -0.2) is 4.98 Å². The molecule has 0 radical (unpaired) electrons. The quantitative estimate of drug-likeness (QED) is 0.413. The number of imidazole rings is 1. The van der Waals surface area contributed by atoms with Crippen LogP contribution < -0.4 is 4.74 Å². The maximum Gasteiger partial charge on any atom is 0.138 e. The average Bonchev–Trinajstić information content (AvgIpc) is 3.29. The number of benzene rings is 2. The van der Waals surface area contributed by atoms with Crippen LogP contribution >= 0.6 is 0 Å². The lowest BCUT2D eigenvalue weighted by molar-refractivity contribution is 0.0536. The van der Waals surface area contributed by atoms with Crippen LogP contribution in [0.15, 0.2) is 60.9 Å². The van der Waals surface area contributed by atoms with Gasteiger partial charge in [0.2, 0.25) is 0 Å². The summed E-state index contributed by atoms with van der Waals surface area (Å²) in [6, 6.07) is 14.7. The summed E-state index contributed by atoms with van der Waals surface area (Å²) in [4.78, 5) is 4.12. The lowest BCUT2D eigenvalue weighted by Crippen LogP contribution is -2.21. The Labute approximate surface area is 181 Å². The fourth-order valence-electron chi connectivity index (χ4n) is 3.02. The van der Waals surface area contributed by atoms with Crippen molar-refractivity contribution in [2.45, 2.75) is 25.2 Å². The Balaban J connectivity index is 1.68. The second kappa shape index (κ2) is 10.8. The Morgan fingerprint density at radius 1 is 0.968 bits per heavy atom. The minimum absolute atomic E-state index is 0.0375. The molecular formula is C24H26N2O5. The fraction of sp³-hybridized carbons (Fsp3) is 0.292. The number of aliphatic hydroxyl groups is 4. The van der Waals surface area contributed by atoms with Crippen molar-refractivity contribution in [1.29, 1.82) is 0 Å². The van der Waals surface area contributed by atoms with Gasteiger partial charge in [0.1, 0.15) is 36.4 Å². The smallest absolute Gasteiger partial charge is 0.138 e. The van der Waals surface area contributed by atoms with Gasteiger partial charge in [-0.15, -0.1) is 0 Å². The normalized spacial score (nSPS) is 13.7. The van der Waals surface area contributed by atoms with Gasteiger partial charge in [0.15, 0.2) is 0 Å². The van der Waals surface area contributed by atoms with Crippen LogP contribution in [-0.4, -0.2) is 55.9 Å². The van der Waals surface area contributed by atoms with E-state index in [2.05, 4.69) is 16.8 Å². The van der Waals surface area contributed by atoms with E-state index < -0.39 is 18.2 Å². The first-order valence-corrected chi connectivity index (χ1v) is 9.97. The van der Waals surface area contributed by atoms with Crippen molar-refractivity contribution in [2.75, 3.05) is 19.8 Å². The Bertz CT molecular complexity index is 1020. The lowest BCUT2D eigenvalue weighted by Gasteiger charge is -2.14. The summed E-state index contributed by atoms with van der Waals surface area (Å²) in [6.45, 7) is 1.13. The van der Waals surface area contributed by atoms with E-state index in [0.717, 1.165) is 16.7 Å². The first kappa shape index (κ1) is 22.5. The number of hydrogen-bond acceptors (Lipinski definition) is 6. The van der Waals surface area contributed by atoms with Crippen LogP contribution in [0.3, 0.4) is 0 Å². The molecule has 162 valence electrons. The summed E-state index contributed by atoms with van der Waals surface area (Å²) in [5, 5.41) is 37.7. The molecule has 0 bridgehead atoms. The Kier molecular flexibility index (Phi) is 7.82. The first-order chi connectivity index (χ1) is 15.0. The largest absolute Gasteiger partial charge is 0.491 e. The summed E-state index contributed by atoms with van der Waals surface area (Å²) >= 11 is 0. The van der Waals surface area contributed by atoms with Crippen LogP contribution in [0.5, 0.6) is 5.75 Å². The van der Waals surface area contributed by atoms with E-state index >= 15 is 0 Å². The molecule has 3 unspecified atom stereocenters. The van der Waals surface area contributed by atoms with Gasteiger partial charge in [-0.3, -0.25) is 0 Å². The van der Waals surface area contributed by atoms with Gasteiger partial charge in [0, 0.05) is 18.0 Å². The summed E-state index contributed by atoms with van der Waals surface area (Å²) in [5.74, 6) is 7.18. The molecule has 0 saturated carbocycles. The molecule has 31 heavy (non-hydrogen) atoms. The zero-order valence-electron chi connectivity index (χ0n) is 17.2. The van der Waals surface area contributed by atoms with Crippen LogP contribution in [0.2, 0.25) is 0 Å². The number of hydrogen-bond donors (Lipinski definition) is 4. The maximum absolute atomic E-state index is 9.80. The van der Waals surface area contributed by atoms with Crippen molar-refractivity contribution in [1.82, 2.24) is 9.55 Å². The Hall–Kier alpha value is -3.15. The molecule has 0 aliphatic heterocycles.